The van der Waals surface area contributed by atoms with Gasteiger partial charge in [-0.05, 0) is 43.9 Å². The summed E-state index contributed by atoms with van der Waals surface area (Å²) in [5, 5.41) is 2.91. The molecule has 1 atom stereocenters. The van der Waals surface area contributed by atoms with Crippen molar-refractivity contribution in [3.05, 3.63) is 70.8 Å². The van der Waals surface area contributed by atoms with Gasteiger partial charge in [-0.3, -0.25) is 9.59 Å². The lowest BCUT2D eigenvalue weighted by Gasteiger charge is -2.29. The van der Waals surface area contributed by atoms with Gasteiger partial charge in [-0.15, -0.1) is 0 Å². The second-order valence-corrected chi connectivity index (χ2v) is 7.08. The minimum Gasteiger partial charge on any atom is -0.354 e. The molecule has 1 N–H and O–H groups in total. The number of aryl methyl sites for hydroxylation is 2. The van der Waals surface area contributed by atoms with Gasteiger partial charge in [-0.25, -0.2) is 0 Å². The largest absolute Gasteiger partial charge is 0.354 e. The highest BCUT2D eigenvalue weighted by molar-refractivity contribution is 5.88. The van der Waals surface area contributed by atoms with Crippen LogP contribution in [0.15, 0.2) is 48.5 Å². The zero-order chi connectivity index (χ0) is 19.8. The molecule has 0 aliphatic rings. The van der Waals surface area contributed by atoms with Crippen molar-refractivity contribution < 1.29 is 9.59 Å². The number of nitrogens with one attached hydrogen (secondary N) is 1. The lowest BCUT2D eigenvalue weighted by molar-refractivity contribution is -0.140. The molecule has 4 nitrogen and oxygen atoms in total. The second kappa shape index (κ2) is 9.91. The first-order chi connectivity index (χ1) is 12.9. The van der Waals surface area contributed by atoms with E-state index in [4.69, 9.17) is 0 Å². The summed E-state index contributed by atoms with van der Waals surface area (Å²) in [5.74, 6) is -0.149. The summed E-state index contributed by atoms with van der Waals surface area (Å²) in [7, 11) is 0. The summed E-state index contributed by atoms with van der Waals surface area (Å²) in [6.45, 7) is 8.91. The lowest BCUT2D eigenvalue weighted by Crippen LogP contribution is -2.48. The molecule has 2 amide bonds. The van der Waals surface area contributed by atoms with Crippen LogP contribution in [0.25, 0.3) is 0 Å². The van der Waals surface area contributed by atoms with Gasteiger partial charge in [0.2, 0.25) is 11.8 Å². The van der Waals surface area contributed by atoms with Gasteiger partial charge in [0.15, 0.2) is 0 Å². The highest BCUT2D eigenvalue weighted by atomic mass is 16.2. The van der Waals surface area contributed by atoms with Crippen molar-refractivity contribution in [1.29, 1.82) is 0 Å². The van der Waals surface area contributed by atoms with Crippen LogP contribution >= 0.6 is 0 Å². The monoisotopic (exact) mass is 366 g/mol. The van der Waals surface area contributed by atoms with Gasteiger partial charge in [-0.1, -0.05) is 61.0 Å². The standard InChI is InChI=1S/C23H30N2O2/c1-5-14-24-23(27)19(4)25(16-21-9-7-6-8-18(21)3)22(26)15-20-12-10-17(2)11-13-20/h6-13,19H,5,14-16H2,1-4H3,(H,24,27). The van der Waals surface area contributed by atoms with Crippen molar-refractivity contribution in [2.24, 2.45) is 0 Å². The van der Waals surface area contributed by atoms with Crippen LogP contribution in [0.5, 0.6) is 0 Å². The predicted octanol–water partition coefficient (Wildman–Crippen LogP) is 3.79. The molecule has 0 aliphatic heterocycles. The summed E-state index contributed by atoms with van der Waals surface area (Å²) < 4.78 is 0. The number of hydrogen-bond donors (Lipinski definition) is 1. The topological polar surface area (TPSA) is 49.4 Å². The first-order valence-corrected chi connectivity index (χ1v) is 9.59. The molecular weight excluding hydrogens is 336 g/mol. The molecule has 2 aromatic rings. The Hall–Kier alpha value is -2.62. The number of rotatable bonds is 8. The summed E-state index contributed by atoms with van der Waals surface area (Å²) in [4.78, 5) is 27.3. The van der Waals surface area contributed by atoms with E-state index in [1.807, 2.05) is 69.3 Å². The van der Waals surface area contributed by atoms with Crippen LogP contribution in [0.3, 0.4) is 0 Å². The molecule has 0 saturated carbocycles. The molecular formula is C23H30N2O2. The average molecular weight is 367 g/mol. The molecule has 0 radical (unpaired) electrons. The Bertz CT molecular complexity index is 768. The summed E-state index contributed by atoms with van der Waals surface area (Å²) in [5.41, 5.74) is 4.30. The molecule has 27 heavy (non-hydrogen) atoms. The van der Waals surface area contributed by atoms with Crippen LogP contribution in [0.2, 0.25) is 0 Å². The molecule has 144 valence electrons. The molecule has 1 unspecified atom stereocenters. The van der Waals surface area contributed by atoms with E-state index in [9.17, 15) is 9.59 Å². The molecule has 0 aliphatic carbocycles. The molecule has 0 saturated heterocycles. The third-order valence-corrected chi connectivity index (χ3v) is 4.79. The third-order valence-electron chi connectivity index (χ3n) is 4.79. The Balaban J connectivity index is 2.21. The number of carbonyl (C=O) groups is 2. The van der Waals surface area contributed by atoms with E-state index in [0.29, 0.717) is 13.1 Å². The van der Waals surface area contributed by atoms with E-state index in [-0.39, 0.29) is 18.2 Å². The Morgan fingerprint density at radius 1 is 1.04 bits per heavy atom. The SMILES string of the molecule is CCCNC(=O)C(C)N(Cc1ccccc1C)C(=O)Cc1ccc(C)cc1. The first-order valence-electron chi connectivity index (χ1n) is 9.59. The number of benzene rings is 2. The van der Waals surface area contributed by atoms with E-state index in [1.54, 1.807) is 11.8 Å². The number of hydrogen-bond acceptors (Lipinski definition) is 2. The van der Waals surface area contributed by atoms with Gasteiger partial charge < -0.3 is 10.2 Å². The van der Waals surface area contributed by atoms with Crippen LogP contribution in [0, 0.1) is 13.8 Å². The summed E-state index contributed by atoms with van der Waals surface area (Å²) >= 11 is 0. The van der Waals surface area contributed by atoms with Crippen molar-refractivity contribution >= 4 is 11.8 Å². The molecule has 0 spiro atoms. The van der Waals surface area contributed by atoms with Gasteiger partial charge in [0.25, 0.3) is 0 Å². The van der Waals surface area contributed by atoms with E-state index in [1.165, 1.54) is 0 Å². The Morgan fingerprint density at radius 3 is 2.33 bits per heavy atom. The fourth-order valence-electron chi connectivity index (χ4n) is 2.93. The van der Waals surface area contributed by atoms with Crippen LogP contribution in [-0.2, 0) is 22.6 Å². The van der Waals surface area contributed by atoms with Gasteiger partial charge in [-0.2, -0.15) is 0 Å². The maximum atomic E-state index is 13.1. The average Bonchev–Trinajstić information content (AvgIpc) is 2.66. The van der Waals surface area contributed by atoms with Crippen molar-refractivity contribution in [2.45, 2.75) is 53.1 Å². The second-order valence-electron chi connectivity index (χ2n) is 7.08. The summed E-state index contributed by atoms with van der Waals surface area (Å²) in [6, 6.07) is 15.4. The highest BCUT2D eigenvalue weighted by Crippen LogP contribution is 2.15. The molecule has 0 bridgehead atoms. The summed E-state index contributed by atoms with van der Waals surface area (Å²) in [6.07, 6.45) is 1.16. The third kappa shape index (κ3) is 5.95. The van der Waals surface area contributed by atoms with E-state index in [0.717, 1.165) is 28.7 Å². The normalized spacial score (nSPS) is 11.7. The maximum Gasteiger partial charge on any atom is 0.242 e. The maximum absolute atomic E-state index is 13.1. The molecule has 2 aromatic carbocycles. The highest BCUT2D eigenvalue weighted by Gasteiger charge is 2.26. The number of carbonyl (C=O) groups excluding carboxylic acids is 2. The smallest absolute Gasteiger partial charge is 0.242 e. The fourth-order valence-corrected chi connectivity index (χ4v) is 2.93. The first kappa shape index (κ1) is 20.7. The van der Waals surface area contributed by atoms with E-state index in [2.05, 4.69) is 5.32 Å². The lowest BCUT2D eigenvalue weighted by atomic mass is 10.1. The van der Waals surface area contributed by atoms with Crippen molar-refractivity contribution in [2.75, 3.05) is 6.54 Å². The van der Waals surface area contributed by atoms with Crippen molar-refractivity contribution in [1.82, 2.24) is 10.2 Å². The van der Waals surface area contributed by atoms with Gasteiger partial charge in [0, 0.05) is 13.1 Å². The predicted molar refractivity (Wildman–Crippen MR) is 109 cm³/mol. The molecule has 2 rings (SSSR count). The number of amides is 2. The number of nitrogens with zero attached hydrogens (tertiary/aromatic N) is 1. The molecule has 0 heterocycles. The zero-order valence-electron chi connectivity index (χ0n) is 16.8. The van der Waals surface area contributed by atoms with E-state index >= 15 is 0 Å². The van der Waals surface area contributed by atoms with Crippen LogP contribution in [0.1, 0.15) is 42.5 Å². The molecule has 0 fully saturated rings. The van der Waals surface area contributed by atoms with E-state index < -0.39 is 6.04 Å². The Labute approximate surface area is 162 Å². The quantitative estimate of drug-likeness (QED) is 0.773. The fraction of sp³-hybridized carbons (Fsp3) is 0.391. The van der Waals surface area contributed by atoms with Gasteiger partial charge >= 0.3 is 0 Å². The van der Waals surface area contributed by atoms with Crippen LogP contribution in [0.4, 0.5) is 0 Å². The van der Waals surface area contributed by atoms with Crippen molar-refractivity contribution in [3.63, 3.8) is 0 Å². The Kier molecular flexibility index (Phi) is 7.59. The van der Waals surface area contributed by atoms with Crippen molar-refractivity contribution in [3.8, 4) is 0 Å². The molecule has 0 aromatic heterocycles. The van der Waals surface area contributed by atoms with Crippen LogP contribution < -0.4 is 5.32 Å². The Morgan fingerprint density at radius 2 is 1.70 bits per heavy atom. The molecule has 4 heteroatoms. The minimum atomic E-state index is -0.519. The minimum absolute atomic E-state index is 0.0405. The van der Waals surface area contributed by atoms with Crippen LogP contribution in [-0.4, -0.2) is 29.3 Å². The van der Waals surface area contributed by atoms with Gasteiger partial charge in [0.1, 0.15) is 6.04 Å². The van der Waals surface area contributed by atoms with Gasteiger partial charge in [0.05, 0.1) is 6.42 Å². The zero-order valence-corrected chi connectivity index (χ0v) is 16.8.